The molecule has 9 heteroatoms. The topological polar surface area (TPSA) is 103 Å². The molecule has 0 fully saturated rings. The van der Waals surface area contributed by atoms with E-state index in [1.807, 2.05) is 19.9 Å². The molecule has 0 aliphatic carbocycles. The minimum absolute atomic E-state index is 0.108. The summed E-state index contributed by atoms with van der Waals surface area (Å²) in [5.74, 6) is -0.847. The van der Waals surface area contributed by atoms with E-state index in [1.54, 1.807) is 12.1 Å². The van der Waals surface area contributed by atoms with Crippen LogP contribution in [0.5, 0.6) is 11.5 Å². The molecule has 0 saturated carbocycles. The molecule has 30 heavy (non-hydrogen) atoms. The van der Waals surface area contributed by atoms with Gasteiger partial charge in [-0.3, -0.25) is 10.1 Å². The Kier molecular flexibility index (Phi) is 6.79. The average Bonchev–Trinajstić information content (AvgIpc) is 2.95. The number of imide groups is 1. The SMILES string of the molecule is Cc1cccc(NC(=O)NC(=O)COC(=O)c2cc(Cl)c3c(c2)OCCCO3)c1C. The van der Waals surface area contributed by atoms with Gasteiger partial charge in [-0.25, -0.2) is 9.59 Å². The first-order valence-corrected chi connectivity index (χ1v) is 9.66. The maximum atomic E-state index is 12.3. The third kappa shape index (κ3) is 5.21. The first-order chi connectivity index (χ1) is 14.3. The Balaban J connectivity index is 1.55. The molecule has 2 aromatic rings. The fraction of sp³-hybridized carbons (Fsp3) is 0.286. The van der Waals surface area contributed by atoms with Crippen molar-refractivity contribution in [3.8, 4) is 11.5 Å². The third-order valence-electron chi connectivity index (χ3n) is 4.48. The number of hydrogen-bond acceptors (Lipinski definition) is 6. The molecule has 0 bridgehead atoms. The number of aryl methyl sites for hydroxylation is 1. The van der Waals surface area contributed by atoms with Crippen LogP contribution in [0.25, 0.3) is 0 Å². The van der Waals surface area contributed by atoms with Crippen LogP contribution in [0.3, 0.4) is 0 Å². The molecule has 2 N–H and O–H groups in total. The van der Waals surface area contributed by atoms with Crippen molar-refractivity contribution in [3.63, 3.8) is 0 Å². The monoisotopic (exact) mass is 432 g/mol. The van der Waals surface area contributed by atoms with E-state index in [4.69, 9.17) is 25.8 Å². The highest BCUT2D eigenvalue weighted by molar-refractivity contribution is 6.32. The molecule has 158 valence electrons. The van der Waals surface area contributed by atoms with Gasteiger partial charge in [0.15, 0.2) is 18.1 Å². The molecule has 3 amide bonds. The van der Waals surface area contributed by atoms with Crippen LogP contribution in [-0.2, 0) is 9.53 Å². The summed E-state index contributed by atoms with van der Waals surface area (Å²) in [5, 5.41) is 4.91. The van der Waals surface area contributed by atoms with Crippen molar-refractivity contribution in [2.75, 3.05) is 25.1 Å². The van der Waals surface area contributed by atoms with Crippen LogP contribution in [0.2, 0.25) is 5.02 Å². The van der Waals surface area contributed by atoms with Crippen molar-refractivity contribution in [3.05, 3.63) is 52.0 Å². The Hall–Kier alpha value is -3.26. The van der Waals surface area contributed by atoms with Gasteiger partial charge in [0.05, 0.1) is 23.8 Å². The Bertz CT molecular complexity index is 992. The number of ether oxygens (including phenoxy) is 3. The number of hydrogen-bond donors (Lipinski definition) is 2. The standard InChI is InChI=1S/C21H21ClN2O6/c1-12-5-3-6-16(13(12)2)23-21(27)24-18(25)11-30-20(26)14-9-15(22)19-17(10-14)28-7-4-8-29-19/h3,5-6,9-10H,4,7-8,11H2,1-2H3,(H2,23,24,25,27). The second-order valence-corrected chi connectivity index (χ2v) is 7.07. The maximum absolute atomic E-state index is 12.3. The number of anilines is 1. The summed E-state index contributed by atoms with van der Waals surface area (Å²) >= 11 is 6.15. The number of urea groups is 1. The summed E-state index contributed by atoms with van der Waals surface area (Å²) in [6.45, 7) is 4.02. The molecule has 1 aliphatic rings. The number of halogens is 1. The molecule has 3 rings (SSSR count). The van der Waals surface area contributed by atoms with E-state index < -0.39 is 24.5 Å². The summed E-state index contributed by atoms with van der Waals surface area (Å²) in [5.41, 5.74) is 2.58. The number of carbonyl (C=O) groups excluding carboxylic acids is 3. The Labute approximate surface area is 178 Å². The summed E-state index contributed by atoms with van der Waals surface area (Å²) in [6.07, 6.45) is 0.690. The van der Waals surface area contributed by atoms with Crippen molar-refractivity contribution in [1.82, 2.24) is 5.32 Å². The van der Waals surface area contributed by atoms with Crippen LogP contribution in [0.1, 0.15) is 27.9 Å². The van der Waals surface area contributed by atoms with Crippen LogP contribution in [0, 0.1) is 13.8 Å². The third-order valence-corrected chi connectivity index (χ3v) is 4.76. The fourth-order valence-corrected chi connectivity index (χ4v) is 3.03. The molecule has 0 aromatic heterocycles. The lowest BCUT2D eigenvalue weighted by Crippen LogP contribution is -2.37. The zero-order valence-electron chi connectivity index (χ0n) is 16.5. The molecule has 0 saturated heterocycles. The molecule has 1 aliphatic heterocycles. The number of nitrogens with one attached hydrogen (secondary N) is 2. The molecule has 2 aromatic carbocycles. The lowest BCUT2D eigenvalue weighted by molar-refractivity contribution is -0.123. The van der Waals surface area contributed by atoms with Crippen molar-refractivity contribution in [2.24, 2.45) is 0 Å². The predicted octanol–water partition coefficient (Wildman–Crippen LogP) is 3.62. The summed E-state index contributed by atoms with van der Waals surface area (Å²) < 4.78 is 16.0. The van der Waals surface area contributed by atoms with Gasteiger partial charge in [-0.2, -0.15) is 0 Å². The highest BCUT2D eigenvalue weighted by atomic mass is 35.5. The van der Waals surface area contributed by atoms with E-state index in [0.717, 1.165) is 11.1 Å². The van der Waals surface area contributed by atoms with Crippen molar-refractivity contribution in [1.29, 1.82) is 0 Å². The van der Waals surface area contributed by atoms with E-state index in [1.165, 1.54) is 12.1 Å². The molecule has 1 heterocycles. The highest BCUT2D eigenvalue weighted by Crippen LogP contribution is 2.38. The van der Waals surface area contributed by atoms with Crippen molar-refractivity contribution >= 4 is 35.2 Å². The Morgan fingerprint density at radius 2 is 1.90 bits per heavy atom. The second-order valence-electron chi connectivity index (χ2n) is 6.66. The molecular weight excluding hydrogens is 412 g/mol. The largest absolute Gasteiger partial charge is 0.489 e. The summed E-state index contributed by atoms with van der Waals surface area (Å²) in [4.78, 5) is 36.2. The minimum atomic E-state index is -0.780. The number of carbonyl (C=O) groups is 3. The van der Waals surface area contributed by atoms with Gasteiger partial charge in [0.25, 0.3) is 5.91 Å². The van der Waals surface area contributed by atoms with Crippen LogP contribution in [0.15, 0.2) is 30.3 Å². The van der Waals surface area contributed by atoms with E-state index >= 15 is 0 Å². The Morgan fingerprint density at radius 3 is 2.70 bits per heavy atom. The highest BCUT2D eigenvalue weighted by Gasteiger charge is 2.20. The van der Waals surface area contributed by atoms with Gasteiger partial charge in [-0.15, -0.1) is 0 Å². The zero-order valence-corrected chi connectivity index (χ0v) is 17.3. The van der Waals surface area contributed by atoms with E-state index in [0.29, 0.717) is 36.8 Å². The predicted molar refractivity (Wildman–Crippen MR) is 110 cm³/mol. The smallest absolute Gasteiger partial charge is 0.338 e. The quantitative estimate of drug-likeness (QED) is 0.715. The van der Waals surface area contributed by atoms with Crippen molar-refractivity contribution < 1.29 is 28.6 Å². The number of esters is 1. The molecule has 0 atom stereocenters. The molecule has 0 unspecified atom stereocenters. The van der Waals surface area contributed by atoms with Gasteiger partial charge < -0.3 is 19.5 Å². The number of rotatable bonds is 4. The van der Waals surface area contributed by atoms with Crippen LogP contribution in [0.4, 0.5) is 10.5 Å². The lowest BCUT2D eigenvalue weighted by atomic mass is 10.1. The van der Waals surface area contributed by atoms with Crippen molar-refractivity contribution in [2.45, 2.75) is 20.3 Å². The van der Waals surface area contributed by atoms with Crippen LogP contribution < -0.4 is 20.1 Å². The van der Waals surface area contributed by atoms with Gasteiger partial charge in [-0.05, 0) is 43.2 Å². The molecule has 8 nitrogen and oxygen atoms in total. The van der Waals surface area contributed by atoms with Gasteiger partial charge in [0, 0.05) is 12.1 Å². The average molecular weight is 433 g/mol. The number of fused-ring (bicyclic) bond motifs is 1. The normalized spacial score (nSPS) is 12.5. The van der Waals surface area contributed by atoms with Crippen LogP contribution in [-0.4, -0.2) is 37.7 Å². The van der Waals surface area contributed by atoms with Crippen LogP contribution >= 0.6 is 11.6 Å². The summed E-state index contributed by atoms with van der Waals surface area (Å²) in [6, 6.07) is 7.53. The second kappa shape index (κ2) is 9.49. The molecule has 0 spiro atoms. The Morgan fingerprint density at radius 1 is 1.13 bits per heavy atom. The summed E-state index contributed by atoms with van der Waals surface area (Å²) in [7, 11) is 0. The number of amides is 3. The number of benzene rings is 2. The minimum Gasteiger partial charge on any atom is -0.489 e. The van der Waals surface area contributed by atoms with Gasteiger partial charge in [-0.1, -0.05) is 23.7 Å². The maximum Gasteiger partial charge on any atom is 0.338 e. The fourth-order valence-electron chi connectivity index (χ4n) is 2.77. The van der Waals surface area contributed by atoms with Gasteiger partial charge >= 0.3 is 12.0 Å². The first kappa shape index (κ1) is 21.4. The van der Waals surface area contributed by atoms with Gasteiger partial charge in [0.1, 0.15) is 0 Å². The van der Waals surface area contributed by atoms with Gasteiger partial charge in [0.2, 0.25) is 0 Å². The lowest BCUT2D eigenvalue weighted by Gasteiger charge is -2.12. The molecule has 0 radical (unpaired) electrons. The molecular formula is C21H21ClN2O6. The van der Waals surface area contributed by atoms with E-state index in [9.17, 15) is 14.4 Å². The van der Waals surface area contributed by atoms with E-state index in [2.05, 4.69) is 10.6 Å². The zero-order chi connectivity index (χ0) is 21.7. The van der Waals surface area contributed by atoms with E-state index in [-0.39, 0.29) is 10.6 Å². The first-order valence-electron chi connectivity index (χ1n) is 9.28.